The summed E-state index contributed by atoms with van der Waals surface area (Å²) in [6.07, 6.45) is 0. The molecule has 0 saturated heterocycles. The summed E-state index contributed by atoms with van der Waals surface area (Å²) >= 11 is 1.31. The minimum absolute atomic E-state index is 0.0875. The zero-order valence-electron chi connectivity index (χ0n) is 15.1. The van der Waals surface area contributed by atoms with E-state index in [-0.39, 0.29) is 31.8 Å². The fourth-order valence-corrected chi connectivity index (χ4v) is 3.89. The Morgan fingerprint density at radius 1 is 1.10 bits per heavy atom. The van der Waals surface area contributed by atoms with E-state index < -0.39 is 0 Å². The standard InChI is InChI=1S/C20H15N3O5S/c24-18(8-23-14-3-1-2-4-15(14)26-9-19(23)25)22-20-21-13(10-29-20)12-5-6-16-17(7-12)28-11-27-16/h1-7,10H,8-9,11H2,(H,21,22,24). The van der Waals surface area contributed by atoms with Crippen molar-refractivity contribution in [3.05, 3.63) is 47.8 Å². The van der Waals surface area contributed by atoms with Crippen LogP contribution in [0.25, 0.3) is 11.3 Å². The number of nitrogens with zero attached hydrogens (tertiary/aromatic N) is 2. The molecular formula is C20H15N3O5S. The number of fused-ring (bicyclic) bond motifs is 2. The van der Waals surface area contributed by atoms with Crippen LogP contribution in [-0.2, 0) is 9.59 Å². The van der Waals surface area contributed by atoms with Gasteiger partial charge in [0.25, 0.3) is 5.91 Å². The molecule has 0 unspecified atom stereocenters. The largest absolute Gasteiger partial charge is 0.482 e. The zero-order chi connectivity index (χ0) is 19.8. The number of carbonyl (C=O) groups excluding carboxylic acids is 2. The van der Waals surface area contributed by atoms with Crippen LogP contribution in [0, 0.1) is 0 Å². The van der Waals surface area contributed by atoms with Gasteiger partial charge in [0.05, 0.1) is 11.4 Å². The maximum Gasteiger partial charge on any atom is 0.265 e. The number of ether oxygens (including phenoxy) is 3. The maximum absolute atomic E-state index is 12.5. The van der Waals surface area contributed by atoms with E-state index in [0.29, 0.717) is 28.1 Å². The fourth-order valence-electron chi connectivity index (χ4n) is 3.15. The lowest BCUT2D eigenvalue weighted by atomic mass is 10.1. The third kappa shape index (κ3) is 3.36. The summed E-state index contributed by atoms with van der Waals surface area (Å²) in [7, 11) is 0. The van der Waals surface area contributed by atoms with E-state index in [9.17, 15) is 9.59 Å². The van der Waals surface area contributed by atoms with E-state index in [1.165, 1.54) is 16.2 Å². The Kier molecular flexibility index (Phi) is 4.28. The van der Waals surface area contributed by atoms with Crippen molar-refractivity contribution in [2.45, 2.75) is 0 Å². The molecule has 146 valence electrons. The monoisotopic (exact) mass is 409 g/mol. The highest BCUT2D eigenvalue weighted by Crippen LogP contribution is 2.36. The SMILES string of the molecule is O=C(CN1C(=O)COc2ccccc21)Nc1nc(-c2ccc3c(c2)OCO3)cs1. The first kappa shape index (κ1) is 17.5. The molecule has 3 heterocycles. The molecule has 0 saturated carbocycles. The summed E-state index contributed by atoms with van der Waals surface area (Å²) in [5.41, 5.74) is 2.17. The van der Waals surface area contributed by atoms with Gasteiger partial charge in [-0.15, -0.1) is 11.3 Å². The Hall–Kier alpha value is -3.59. The van der Waals surface area contributed by atoms with Crippen molar-refractivity contribution >= 4 is 34.0 Å². The summed E-state index contributed by atoms with van der Waals surface area (Å²) in [4.78, 5) is 30.6. The van der Waals surface area contributed by atoms with Crippen molar-refractivity contribution < 1.29 is 23.8 Å². The van der Waals surface area contributed by atoms with Gasteiger partial charge in [-0.25, -0.2) is 4.98 Å². The number of benzene rings is 2. The number of aromatic nitrogens is 1. The van der Waals surface area contributed by atoms with Crippen molar-refractivity contribution in [1.82, 2.24) is 4.98 Å². The first-order chi connectivity index (χ1) is 14.2. The van der Waals surface area contributed by atoms with Gasteiger partial charge < -0.3 is 19.5 Å². The molecule has 0 bridgehead atoms. The Morgan fingerprint density at radius 3 is 2.90 bits per heavy atom. The highest BCUT2D eigenvalue weighted by Gasteiger charge is 2.27. The van der Waals surface area contributed by atoms with Crippen molar-refractivity contribution in [1.29, 1.82) is 0 Å². The van der Waals surface area contributed by atoms with E-state index in [4.69, 9.17) is 14.2 Å². The second-order valence-corrected chi connectivity index (χ2v) is 7.25. The molecule has 1 aromatic heterocycles. The highest BCUT2D eigenvalue weighted by molar-refractivity contribution is 7.14. The van der Waals surface area contributed by atoms with Crippen molar-refractivity contribution in [3.63, 3.8) is 0 Å². The van der Waals surface area contributed by atoms with Crippen molar-refractivity contribution in [2.24, 2.45) is 0 Å². The highest BCUT2D eigenvalue weighted by atomic mass is 32.1. The van der Waals surface area contributed by atoms with E-state index in [0.717, 1.165) is 11.3 Å². The molecule has 9 heteroatoms. The Balaban J connectivity index is 1.29. The van der Waals surface area contributed by atoms with Crippen LogP contribution in [-0.4, -0.2) is 36.7 Å². The minimum Gasteiger partial charge on any atom is -0.482 e. The van der Waals surface area contributed by atoms with E-state index >= 15 is 0 Å². The van der Waals surface area contributed by atoms with Gasteiger partial charge in [-0.05, 0) is 30.3 Å². The fraction of sp³-hybridized carbons (Fsp3) is 0.150. The molecular weight excluding hydrogens is 394 g/mol. The topological polar surface area (TPSA) is 90.0 Å². The van der Waals surface area contributed by atoms with Gasteiger partial charge in [-0.1, -0.05) is 12.1 Å². The lowest BCUT2D eigenvalue weighted by Gasteiger charge is -2.28. The predicted octanol–water partition coefficient (Wildman–Crippen LogP) is 2.90. The lowest BCUT2D eigenvalue weighted by molar-refractivity contribution is -0.123. The molecule has 2 amide bonds. The van der Waals surface area contributed by atoms with E-state index in [2.05, 4.69) is 10.3 Å². The van der Waals surface area contributed by atoms with Gasteiger partial charge in [0.15, 0.2) is 23.2 Å². The molecule has 3 aromatic rings. The average Bonchev–Trinajstić information content (AvgIpc) is 3.39. The molecule has 0 spiro atoms. The number of amides is 2. The predicted molar refractivity (Wildman–Crippen MR) is 107 cm³/mol. The molecule has 8 nitrogen and oxygen atoms in total. The normalized spacial score (nSPS) is 14.3. The summed E-state index contributed by atoms with van der Waals surface area (Å²) in [5, 5.41) is 5.07. The van der Waals surface area contributed by atoms with E-state index in [1.54, 1.807) is 18.2 Å². The number of anilines is 2. The number of rotatable bonds is 4. The molecule has 0 atom stereocenters. The van der Waals surface area contributed by atoms with Gasteiger partial charge in [-0.3, -0.25) is 14.5 Å². The summed E-state index contributed by atoms with van der Waals surface area (Å²) in [5.74, 6) is 1.36. The number of nitrogens with one attached hydrogen (secondary N) is 1. The van der Waals surface area contributed by atoms with Gasteiger partial charge in [-0.2, -0.15) is 0 Å². The molecule has 1 N–H and O–H groups in total. The number of carbonyl (C=O) groups is 2. The average molecular weight is 409 g/mol. The smallest absolute Gasteiger partial charge is 0.265 e. The zero-order valence-corrected chi connectivity index (χ0v) is 15.9. The first-order valence-electron chi connectivity index (χ1n) is 8.85. The summed E-state index contributed by atoms with van der Waals surface area (Å²) in [6, 6.07) is 12.7. The Morgan fingerprint density at radius 2 is 1.97 bits per heavy atom. The van der Waals surface area contributed by atoms with Gasteiger partial charge >= 0.3 is 0 Å². The number of para-hydroxylation sites is 2. The van der Waals surface area contributed by atoms with E-state index in [1.807, 2.05) is 29.6 Å². The van der Waals surface area contributed by atoms with Crippen LogP contribution in [0.1, 0.15) is 0 Å². The van der Waals surface area contributed by atoms with Crippen LogP contribution < -0.4 is 24.4 Å². The second-order valence-electron chi connectivity index (χ2n) is 6.39. The molecule has 2 aliphatic rings. The first-order valence-corrected chi connectivity index (χ1v) is 9.73. The molecule has 2 aliphatic heterocycles. The van der Waals surface area contributed by atoms with Crippen molar-refractivity contribution in [3.8, 4) is 28.5 Å². The van der Waals surface area contributed by atoms with Crippen LogP contribution in [0.15, 0.2) is 47.8 Å². The Labute approximate surface area is 169 Å². The van der Waals surface area contributed by atoms with Gasteiger partial charge in [0.2, 0.25) is 12.7 Å². The van der Waals surface area contributed by atoms with Crippen LogP contribution in [0.4, 0.5) is 10.8 Å². The Bertz CT molecular complexity index is 1110. The quantitative estimate of drug-likeness (QED) is 0.713. The minimum atomic E-state index is -0.332. The molecule has 29 heavy (non-hydrogen) atoms. The van der Waals surface area contributed by atoms with Gasteiger partial charge in [0, 0.05) is 10.9 Å². The number of hydrogen-bond donors (Lipinski definition) is 1. The third-order valence-corrected chi connectivity index (χ3v) is 5.29. The molecule has 0 aliphatic carbocycles. The van der Waals surface area contributed by atoms with Crippen LogP contribution >= 0.6 is 11.3 Å². The molecule has 0 fully saturated rings. The molecule has 0 radical (unpaired) electrons. The molecule has 5 rings (SSSR count). The summed E-state index contributed by atoms with van der Waals surface area (Å²) in [6.45, 7) is 0.00843. The number of thiazole rings is 1. The van der Waals surface area contributed by atoms with Crippen LogP contribution in [0.2, 0.25) is 0 Å². The summed E-state index contributed by atoms with van der Waals surface area (Å²) < 4.78 is 16.1. The lowest BCUT2D eigenvalue weighted by Crippen LogP contribution is -2.43. The molecule has 2 aromatic carbocycles. The van der Waals surface area contributed by atoms with Crippen LogP contribution in [0.3, 0.4) is 0 Å². The second kappa shape index (κ2) is 7.10. The third-order valence-electron chi connectivity index (χ3n) is 4.53. The maximum atomic E-state index is 12.5. The van der Waals surface area contributed by atoms with Crippen molar-refractivity contribution in [2.75, 3.05) is 30.2 Å². The van der Waals surface area contributed by atoms with Gasteiger partial charge in [0.1, 0.15) is 12.3 Å². The van der Waals surface area contributed by atoms with Crippen LogP contribution in [0.5, 0.6) is 17.2 Å². The number of hydrogen-bond acceptors (Lipinski definition) is 7.